The zero-order chi connectivity index (χ0) is 29.2. The van der Waals surface area contributed by atoms with Gasteiger partial charge in [-0.1, -0.05) is 42.5 Å². The van der Waals surface area contributed by atoms with Gasteiger partial charge in [-0.2, -0.15) is 21.6 Å². The Morgan fingerprint density at radius 1 is 0.951 bits per heavy atom. The number of hydrogen-bond donors (Lipinski definition) is 0. The molecule has 7 nitrogen and oxygen atoms in total. The van der Waals surface area contributed by atoms with E-state index >= 15 is 0 Å². The highest BCUT2D eigenvalue weighted by molar-refractivity contribution is 7.87. The van der Waals surface area contributed by atoms with Gasteiger partial charge in [0.25, 0.3) is 0 Å². The van der Waals surface area contributed by atoms with Gasteiger partial charge in [0, 0.05) is 12.5 Å². The Labute approximate surface area is 235 Å². The van der Waals surface area contributed by atoms with Crippen molar-refractivity contribution < 1.29 is 39.7 Å². The minimum Gasteiger partial charge on any atom is -0.493 e. The molecular weight excluding hydrogens is 559 g/mol. The number of benzene rings is 3. The Hall–Kier alpha value is -4.25. The van der Waals surface area contributed by atoms with E-state index in [9.17, 15) is 26.4 Å². The van der Waals surface area contributed by atoms with Crippen molar-refractivity contribution in [3.8, 4) is 11.5 Å². The molecular formula is C30H26F3NO6S. The lowest BCUT2D eigenvalue weighted by atomic mass is 10.1. The highest BCUT2D eigenvalue weighted by atomic mass is 32.2. The highest BCUT2D eigenvalue weighted by Crippen LogP contribution is 2.48. The van der Waals surface area contributed by atoms with Gasteiger partial charge in [0.1, 0.15) is 10.7 Å². The molecule has 1 heterocycles. The van der Waals surface area contributed by atoms with E-state index in [0.717, 1.165) is 23.8 Å². The summed E-state index contributed by atoms with van der Waals surface area (Å²) in [5, 5.41) is 0. The van der Waals surface area contributed by atoms with E-state index in [-0.39, 0.29) is 42.3 Å². The summed E-state index contributed by atoms with van der Waals surface area (Å²) in [6, 6.07) is 21.1. The van der Waals surface area contributed by atoms with Gasteiger partial charge in [0.05, 0.1) is 25.5 Å². The van der Waals surface area contributed by atoms with E-state index in [2.05, 4.69) is 0 Å². The first-order valence-electron chi connectivity index (χ1n) is 12.7. The fourth-order valence-corrected chi connectivity index (χ4v) is 5.65. The van der Waals surface area contributed by atoms with Crippen molar-refractivity contribution in [2.24, 2.45) is 5.92 Å². The zero-order valence-electron chi connectivity index (χ0n) is 21.9. The molecule has 1 aromatic heterocycles. The van der Waals surface area contributed by atoms with Crippen LogP contribution in [0.4, 0.5) is 13.2 Å². The van der Waals surface area contributed by atoms with Crippen LogP contribution in [-0.2, 0) is 34.2 Å². The third kappa shape index (κ3) is 6.57. The number of alkyl halides is 3. The van der Waals surface area contributed by atoms with Crippen LogP contribution < -0.4 is 8.92 Å². The minimum atomic E-state index is -4.73. The van der Waals surface area contributed by atoms with Crippen LogP contribution in [0.1, 0.15) is 34.8 Å². The van der Waals surface area contributed by atoms with Crippen LogP contribution >= 0.6 is 0 Å². The highest BCUT2D eigenvalue weighted by Gasteiger charge is 2.45. The van der Waals surface area contributed by atoms with Crippen molar-refractivity contribution in [1.82, 2.24) is 4.90 Å². The monoisotopic (exact) mass is 585 g/mol. The lowest BCUT2D eigenvalue weighted by molar-refractivity contribution is -0.137. The Bertz CT molecular complexity index is 1620. The molecule has 1 aliphatic carbocycles. The fourth-order valence-electron chi connectivity index (χ4n) is 4.67. The summed E-state index contributed by atoms with van der Waals surface area (Å²) in [6.07, 6.45) is -2.50. The third-order valence-corrected chi connectivity index (χ3v) is 8.06. The smallest absolute Gasteiger partial charge is 0.416 e. The normalized spacial score (nSPS) is 16.7. The van der Waals surface area contributed by atoms with Gasteiger partial charge in [0.2, 0.25) is 5.91 Å². The molecule has 5 rings (SSSR count). The van der Waals surface area contributed by atoms with Crippen LogP contribution in [0.25, 0.3) is 0 Å². The van der Waals surface area contributed by atoms with Gasteiger partial charge < -0.3 is 18.2 Å². The second-order valence-corrected chi connectivity index (χ2v) is 11.2. The molecule has 1 aliphatic rings. The molecule has 1 saturated carbocycles. The molecule has 0 radical (unpaired) electrons. The Balaban J connectivity index is 1.39. The average molecular weight is 586 g/mol. The van der Waals surface area contributed by atoms with E-state index in [1.807, 2.05) is 30.3 Å². The lowest BCUT2D eigenvalue weighted by Crippen LogP contribution is -2.31. The van der Waals surface area contributed by atoms with Gasteiger partial charge >= 0.3 is 16.3 Å². The first kappa shape index (κ1) is 28.3. The average Bonchev–Trinajstić information content (AvgIpc) is 3.59. The molecule has 0 N–H and O–H groups in total. The number of amides is 1. The molecule has 1 amide bonds. The van der Waals surface area contributed by atoms with E-state index in [1.54, 1.807) is 23.1 Å². The first-order chi connectivity index (χ1) is 19.5. The number of methoxy groups -OCH3 is 1. The molecule has 11 heteroatoms. The largest absolute Gasteiger partial charge is 0.493 e. The molecule has 3 aromatic carbocycles. The first-order valence-corrected chi connectivity index (χ1v) is 14.1. The second kappa shape index (κ2) is 11.3. The number of halogens is 3. The Morgan fingerprint density at radius 2 is 1.73 bits per heavy atom. The number of nitrogens with zero attached hydrogens (tertiary/aromatic N) is 1. The van der Waals surface area contributed by atoms with Crippen molar-refractivity contribution in [3.05, 3.63) is 114 Å². The van der Waals surface area contributed by atoms with Crippen molar-refractivity contribution in [3.63, 3.8) is 0 Å². The maximum atomic E-state index is 13.6. The topological polar surface area (TPSA) is 86.0 Å². The molecule has 4 aromatic rings. The Morgan fingerprint density at radius 3 is 2.41 bits per heavy atom. The number of rotatable bonds is 10. The van der Waals surface area contributed by atoms with E-state index in [4.69, 9.17) is 13.3 Å². The number of furan rings is 1. The summed E-state index contributed by atoms with van der Waals surface area (Å²) in [5.41, 5.74) is 0.490. The van der Waals surface area contributed by atoms with E-state index < -0.39 is 26.8 Å². The standard InChI is InChI=1S/C30H26F3NO6S/c1-38-27-13-12-20(15-28(27)40-41(36,37)24-11-5-9-22(16-24)30(31,32)33)18-34(19-23-10-6-14-39-23)29(35)26-17-25(26)21-7-3-2-4-8-21/h2-16,25-26H,17-19H2,1H3. The maximum absolute atomic E-state index is 13.6. The van der Waals surface area contributed by atoms with Crippen molar-refractivity contribution in [2.45, 2.75) is 36.5 Å². The Kier molecular flexibility index (Phi) is 7.81. The van der Waals surface area contributed by atoms with Crippen molar-refractivity contribution >= 4 is 16.0 Å². The quantitative estimate of drug-likeness (QED) is 0.200. The van der Waals surface area contributed by atoms with Gasteiger partial charge in [-0.05, 0) is 65.9 Å². The third-order valence-electron chi connectivity index (χ3n) is 6.82. The molecule has 41 heavy (non-hydrogen) atoms. The van der Waals surface area contributed by atoms with Crippen LogP contribution in [0.3, 0.4) is 0 Å². The zero-order valence-corrected chi connectivity index (χ0v) is 22.7. The summed E-state index contributed by atoms with van der Waals surface area (Å²) in [5.74, 6) is 0.233. The van der Waals surface area contributed by atoms with Gasteiger partial charge in [-0.15, -0.1) is 0 Å². The predicted molar refractivity (Wildman–Crippen MR) is 143 cm³/mol. The van der Waals surface area contributed by atoms with Crippen LogP contribution in [0.15, 0.2) is 101 Å². The molecule has 0 spiro atoms. The molecule has 0 bridgehead atoms. The van der Waals surface area contributed by atoms with E-state index in [1.165, 1.54) is 25.5 Å². The summed E-state index contributed by atoms with van der Waals surface area (Å²) in [6.45, 7) is 0.288. The number of hydrogen-bond acceptors (Lipinski definition) is 6. The van der Waals surface area contributed by atoms with Gasteiger partial charge in [-0.3, -0.25) is 4.79 Å². The van der Waals surface area contributed by atoms with Gasteiger partial charge in [-0.25, -0.2) is 0 Å². The number of ether oxygens (including phenoxy) is 1. The molecule has 0 saturated heterocycles. The lowest BCUT2D eigenvalue weighted by Gasteiger charge is -2.23. The summed E-state index contributed by atoms with van der Waals surface area (Å²) < 4.78 is 81.4. The molecule has 0 aliphatic heterocycles. The SMILES string of the molecule is COc1ccc(CN(Cc2ccco2)C(=O)C2CC2c2ccccc2)cc1OS(=O)(=O)c1cccc(C(F)(F)F)c1. The number of carbonyl (C=O) groups is 1. The molecule has 2 unspecified atom stereocenters. The fraction of sp³-hybridized carbons (Fsp3) is 0.233. The maximum Gasteiger partial charge on any atom is 0.416 e. The summed E-state index contributed by atoms with van der Waals surface area (Å²) >= 11 is 0. The summed E-state index contributed by atoms with van der Waals surface area (Å²) in [7, 11) is -3.34. The molecule has 2 atom stereocenters. The summed E-state index contributed by atoms with van der Waals surface area (Å²) in [4.78, 5) is 14.6. The van der Waals surface area contributed by atoms with Crippen LogP contribution in [-0.4, -0.2) is 26.3 Å². The van der Waals surface area contributed by atoms with Crippen molar-refractivity contribution in [1.29, 1.82) is 0 Å². The second-order valence-electron chi connectivity index (χ2n) is 9.68. The van der Waals surface area contributed by atoms with Crippen LogP contribution in [0.5, 0.6) is 11.5 Å². The van der Waals surface area contributed by atoms with Crippen LogP contribution in [0.2, 0.25) is 0 Å². The minimum absolute atomic E-state index is 0.0551. The van der Waals surface area contributed by atoms with Gasteiger partial charge in [0.15, 0.2) is 11.5 Å². The predicted octanol–water partition coefficient (Wildman–Crippen LogP) is 6.41. The number of carbonyl (C=O) groups excluding carboxylic acids is 1. The van der Waals surface area contributed by atoms with Crippen molar-refractivity contribution in [2.75, 3.05) is 7.11 Å². The van der Waals surface area contributed by atoms with E-state index in [0.29, 0.717) is 23.8 Å². The van der Waals surface area contributed by atoms with Crippen LogP contribution in [0, 0.1) is 5.92 Å². The molecule has 1 fully saturated rings. The molecule has 214 valence electrons.